The minimum absolute atomic E-state index is 0.864. The summed E-state index contributed by atoms with van der Waals surface area (Å²) in [6, 6.07) is -3.61. The highest BCUT2D eigenvalue weighted by atomic mass is 19.1. The predicted octanol–water partition coefficient (Wildman–Crippen LogP) is -11.5. The molecule has 0 bridgehead atoms. The van der Waals surface area contributed by atoms with Crippen LogP contribution in [0.3, 0.4) is 0 Å². The Balaban J connectivity index is 1.61. The summed E-state index contributed by atoms with van der Waals surface area (Å²) >= 11 is 0. The van der Waals surface area contributed by atoms with Gasteiger partial charge in [0.1, 0.15) is 116 Å². The van der Waals surface area contributed by atoms with Gasteiger partial charge in [0.2, 0.25) is 18.2 Å². The Morgan fingerprint density at radius 1 is 0.603 bits per heavy atom. The number of hydrogen-bond donors (Lipinski definition) is 18. The molecule has 394 valence electrons. The van der Waals surface area contributed by atoms with Crippen LogP contribution in [0.5, 0.6) is 0 Å². The minimum atomic E-state index is -3.34. The fraction of sp³-hybridized carbons (Fsp3) is 0.919. The summed E-state index contributed by atoms with van der Waals surface area (Å²) in [6.07, 6.45) is -49.8. The van der Waals surface area contributed by atoms with E-state index in [-0.39, 0.29) is 0 Å². The molecule has 0 aromatic heterocycles. The number of aliphatic carboxylic acids is 1. The van der Waals surface area contributed by atoms with Gasteiger partial charge < -0.3 is 135 Å². The standard InChI is InChI=1S/C37H61FN2O28/c1-9(46)39-17-11(48)3-37(36(58)59,67-30(17)19(50)12(49)4-41)68-31-26(57)35(64-27-15(7-44)60-32(38)24(55)23(27)54)63-16(8-45)28(31)65-33-18(40-10(2)47)29(21(52)14(6-43)61-33)66-34-25(56)22(53)20(51)13(5-42)62-34/h11-35,41-45,48-57H,3-8H2,1-2H3,(H,39,46)(H,40,47)(H,58,59)/t11-,12-,13+,14+,15+,16+,17+,18+,19-,20-,21-,22-,23+,24+,25+,26+,27+,28-,29+,30+,31+,32-,33-,34-,35-,37-/m0/s1. The van der Waals surface area contributed by atoms with Crippen LogP contribution in [0.15, 0.2) is 0 Å². The smallest absolute Gasteiger partial charge is 0.364 e. The Morgan fingerprint density at radius 2 is 1.10 bits per heavy atom. The van der Waals surface area contributed by atoms with E-state index in [2.05, 4.69) is 10.6 Å². The van der Waals surface area contributed by atoms with Crippen molar-refractivity contribution in [3.05, 3.63) is 0 Å². The fourth-order valence-corrected chi connectivity index (χ4v) is 8.51. The number of carbonyl (C=O) groups excluding carboxylic acids is 2. The van der Waals surface area contributed by atoms with Crippen LogP contribution in [0.1, 0.15) is 20.3 Å². The van der Waals surface area contributed by atoms with Crippen molar-refractivity contribution >= 4 is 17.8 Å². The first-order valence-electron chi connectivity index (χ1n) is 21.2. The van der Waals surface area contributed by atoms with Gasteiger partial charge in [0.25, 0.3) is 5.79 Å². The molecule has 26 atom stereocenters. The number of alkyl halides is 1. The van der Waals surface area contributed by atoms with E-state index in [9.17, 15) is 100 Å². The molecule has 5 aliphatic heterocycles. The SMILES string of the molecule is CC(=O)N[C@H]1[C@H](O[C@@H]2[C@H](O[C@]3(C(=O)O)C[C@H](O)[C@@H](NC(C)=O)[C@H]([C@@H](O)[C@@H](O)CO)O3)[C@@H](O)[C@H](O[C@H]3[C@H](O)[C@@H](O)[C@@H](F)O[C@@H]3CO)O[C@@H]2CO)O[C@H](CO)[C@H](O)[C@@H]1O[C@@H]1O[C@H](CO)[C@H](O)[C@H](O)[C@H]1O. The van der Waals surface area contributed by atoms with Gasteiger partial charge in [0.15, 0.2) is 18.9 Å². The van der Waals surface area contributed by atoms with Gasteiger partial charge in [-0.25, -0.2) is 9.18 Å². The molecule has 68 heavy (non-hydrogen) atoms. The molecule has 0 aromatic rings. The molecule has 2 amide bonds. The third kappa shape index (κ3) is 11.8. The highest BCUT2D eigenvalue weighted by molar-refractivity contribution is 5.76. The summed E-state index contributed by atoms with van der Waals surface area (Å²) in [5.74, 6) is -7.28. The molecule has 18 N–H and O–H groups in total. The molecular weight excluding hydrogens is 939 g/mol. The maximum atomic E-state index is 14.4. The average molecular weight is 1000 g/mol. The van der Waals surface area contributed by atoms with Gasteiger partial charge in [-0.2, -0.15) is 0 Å². The maximum Gasteiger partial charge on any atom is 0.364 e. The molecule has 5 saturated heterocycles. The molecule has 30 nitrogen and oxygen atoms in total. The van der Waals surface area contributed by atoms with Gasteiger partial charge in [-0.05, 0) is 0 Å². The molecule has 5 heterocycles. The Bertz CT molecular complexity index is 1660. The number of aliphatic hydroxyl groups is 15. The molecule has 5 aliphatic rings. The van der Waals surface area contributed by atoms with Crippen molar-refractivity contribution in [2.24, 2.45) is 0 Å². The van der Waals surface area contributed by atoms with Gasteiger partial charge in [0.05, 0.1) is 45.2 Å². The van der Waals surface area contributed by atoms with Crippen LogP contribution in [0.4, 0.5) is 4.39 Å². The molecule has 0 radical (unpaired) electrons. The molecule has 0 aromatic carbocycles. The number of aliphatic hydroxyl groups excluding tert-OH is 15. The van der Waals surface area contributed by atoms with Gasteiger partial charge in [0, 0.05) is 20.3 Å². The Hall–Kier alpha value is -2.62. The number of amides is 2. The number of hydrogen-bond acceptors (Lipinski definition) is 27. The minimum Gasteiger partial charge on any atom is -0.477 e. The summed E-state index contributed by atoms with van der Waals surface area (Å²) in [7, 11) is 0. The van der Waals surface area contributed by atoms with E-state index in [1.54, 1.807) is 0 Å². The van der Waals surface area contributed by atoms with Gasteiger partial charge in [-0.1, -0.05) is 0 Å². The van der Waals surface area contributed by atoms with E-state index in [1.807, 2.05) is 0 Å². The van der Waals surface area contributed by atoms with Crippen LogP contribution < -0.4 is 10.6 Å². The quantitative estimate of drug-likeness (QED) is 0.0606. The topological polar surface area (TPSA) is 482 Å². The lowest BCUT2D eigenvalue weighted by molar-refractivity contribution is -0.401. The summed E-state index contributed by atoms with van der Waals surface area (Å²) in [5.41, 5.74) is 0. The molecule has 5 rings (SSSR count). The van der Waals surface area contributed by atoms with Crippen LogP contribution in [-0.2, 0) is 57.0 Å². The van der Waals surface area contributed by atoms with E-state index in [1.165, 1.54) is 0 Å². The zero-order valence-corrected chi connectivity index (χ0v) is 36.1. The van der Waals surface area contributed by atoms with Crippen molar-refractivity contribution in [2.45, 2.75) is 179 Å². The Morgan fingerprint density at radius 3 is 1.66 bits per heavy atom. The van der Waals surface area contributed by atoms with Crippen molar-refractivity contribution in [3.8, 4) is 0 Å². The lowest BCUT2D eigenvalue weighted by Gasteiger charge is -2.52. The Labute approximate surface area is 383 Å². The molecule has 31 heteroatoms. The van der Waals surface area contributed by atoms with Crippen molar-refractivity contribution in [2.75, 3.05) is 33.0 Å². The third-order valence-corrected chi connectivity index (χ3v) is 12.1. The summed E-state index contributed by atoms with van der Waals surface area (Å²) in [4.78, 5) is 38.3. The number of halogens is 1. The van der Waals surface area contributed by atoms with E-state index in [4.69, 9.17) is 42.6 Å². The van der Waals surface area contributed by atoms with Gasteiger partial charge >= 0.3 is 5.97 Å². The first-order valence-corrected chi connectivity index (χ1v) is 21.2. The van der Waals surface area contributed by atoms with E-state index < -0.39 is 216 Å². The van der Waals surface area contributed by atoms with Crippen LogP contribution >= 0.6 is 0 Å². The molecule has 0 spiro atoms. The second kappa shape index (κ2) is 23.7. The number of carboxylic acid groups (broad SMARTS) is 1. The van der Waals surface area contributed by atoms with Crippen LogP contribution in [0, 0.1) is 0 Å². The van der Waals surface area contributed by atoms with Crippen LogP contribution in [-0.4, -0.2) is 292 Å². The summed E-state index contributed by atoms with van der Waals surface area (Å²) in [5, 5.41) is 175. The monoisotopic (exact) mass is 1000 g/mol. The average Bonchev–Trinajstić information content (AvgIpc) is 3.29. The number of ether oxygens (including phenoxy) is 9. The highest BCUT2D eigenvalue weighted by Gasteiger charge is 2.62. The lowest BCUT2D eigenvalue weighted by atomic mass is 9.88. The zero-order valence-electron chi connectivity index (χ0n) is 36.1. The van der Waals surface area contributed by atoms with Gasteiger partial charge in [-0.15, -0.1) is 0 Å². The largest absolute Gasteiger partial charge is 0.477 e. The third-order valence-electron chi connectivity index (χ3n) is 12.1. The van der Waals surface area contributed by atoms with Crippen LogP contribution in [0.25, 0.3) is 0 Å². The summed E-state index contributed by atoms with van der Waals surface area (Å²) in [6.45, 7) is -3.61. The van der Waals surface area contributed by atoms with Crippen molar-refractivity contribution in [1.29, 1.82) is 0 Å². The first-order chi connectivity index (χ1) is 32.0. The lowest BCUT2D eigenvalue weighted by Crippen LogP contribution is -2.72. The van der Waals surface area contributed by atoms with E-state index in [0.29, 0.717) is 0 Å². The second-order valence-electron chi connectivity index (χ2n) is 16.8. The van der Waals surface area contributed by atoms with Crippen molar-refractivity contribution < 1.29 is 143 Å². The fourth-order valence-electron chi connectivity index (χ4n) is 8.51. The van der Waals surface area contributed by atoms with Gasteiger partial charge in [-0.3, -0.25) is 9.59 Å². The van der Waals surface area contributed by atoms with Crippen LogP contribution in [0.2, 0.25) is 0 Å². The molecule has 0 unspecified atom stereocenters. The molecular formula is C37H61FN2O28. The van der Waals surface area contributed by atoms with E-state index >= 15 is 0 Å². The number of carboxylic acids is 1. The number of carbonyl (C=O) groups is 3. The normalized spacial score (nSPS) is 46.6. The van der Waals surface area contributed by atoms with E-state index in [0.717, 1.165) is 13.8 Å². The Kier molecular flexibility index (Phi) is 19.7. The summed E-state index contributed by atoms with van der Waals surface area (Å²) < 4.78 is 65.6. The molecule has 0 aliphatic carbocycles. The van der Waals surface area contributed by atoms with Crippen molar-refractivity contribution in [3.63, 3.8) is 0 Å². The predicted molar refractivity (Wildman–Crippen MR) is 206 cm³/mol. The molecule has 0 saturated carbocycles. The molecule has 5 fully saturated rings. The number of nitrogens with one attached hydrogen (secondary N) is 2. The highest BCUT2D eigenvalue weighted by Crippen LogP contribution is 2.40. The number of rotatable bonds is 18. The first kappa shape index (κ1) is 56.3. The second-order valence-corrected chi connectivity index (χ2v) is 16.8. The van der Waals surface area contributed by atoms with Crippen molar-refractivity contribution in [1.82, 2.24) is 10.6 Å². The zero-order chi connectivity index (χ0) is 50.7. The maximum absolute atomic E-state index is 14.4.